The van der Waals surface area contributed by atoms with Gasteiger partial charge in [-0.05, 0) is 30.6 Å². The zero-order valence-corrected chi connectivity index (χ0v) is 14.5. The number of fused-ring (bicyclic) bond motifs is 2. The Kier molecular flexibility index (Phi) is 6.63. The van der Waals surface area contributed by atoms with Gasteiger partial charge in [-0.25, -0.2) is 0 Å². The third-order valence-electron chi connectivity index (χ3n) is 5.56. The average molecular weight is 328 g/mol. The first kappa shape index (κ1) is 18.9. The summed E-state index contributed by atoms with van der Waals surface area (Å²) in [6, 6.07) is 0. The van der Waals surface area contributed by atoms with Crippen molar-refractivity contribution in [2.75, 3.05) is 13.4 Å². The quantitative estimate of drug-likeness (QED) is 0.325. The molecule has 5 atom stereocenters. The van der Waals surface area contributed by atoms with Gasteiger partial charge in [0.25, 0.3) is 0 Å². The summed E-state index contributed by atoms with van der Waals surface area (Å²) < 4.78 is 11.2. The van der Waals surface area contributed by atoms with Gasteiger partial charge in [0.1, 0.15) is 6.79 Å². The molecule has 0 aliphatic heterocycles. The number of allylic oxidation sites excluding steroid dienone is 1. The van der Waals surface area contributed by atoms with Crippen LogP contribution in [0.2, 0.25) is 0 Å². The Balaban J connectivity index is 1.64. The molecule has 3 N–H and O–H groups in total. The van der Waals surface area contributed by atoms with Gasteiger partial charge >= 0.3 is 0 Å². The summed E-state index contributed by atoms with van der Waals surface area (Å²) in [6.45, 7) is 6.90. The first-order valence-corrected chi connectivity index (χ1v) is 8.76. The van der Waals surface area contributed by atoms with Crippen LogP contribution < -0.4 is 0 Å². The minimum atomic E-state index is -1.36. The molecule has 0 aromatic heterocycles. The van der Waals surface area contributed by atoms with Gasteiger partial charge in [0.05, 0.1) is 18.8 Å². The van der Waals surface area contributed by atoms with Gasteiger partial charge in [-0.1, -0.05) is 39.3 Å². The molecule has 0 saturated heterocycles. The van der Waals surface area contributed by atoms with Crippen LogP contribution in [0.3, 0.4) is 0 Å². The molecule has 0 aromatic carbocycles. The van der Waals surface area contributed by atoms with Crippen molar-refractivity contribution in [3.05, 3.63) is 12.2 Å². The van der Waals surface area contributed by atoms with E-state index in [1.165, 1.54) is 0 Å². The van der Waals surface area contributed by atoms with Crippen molar-refractivity contribution in [3.8, 4) is 0 Å². The summed E-state index contributed by atoms with van der Waals surface area (Å²) in [4.78, 5) is 0. The minimum absolute atomic E-state index is 0.0825. The van der Waals surface area contributed by atoms with Crippen LogP contribution in [-0.2, 0) is 9.47 Å². The van der Waals surface area contributed by atoms with Gasteiger partial charge in [-0.2, -0.15) is 0 Å². The molecule has 2 aliphatic carbocycles. The minimum Gasteiger partial charge on any atom is -0.391 e. The van der Waals surface area contributed by atoms with Crippen LogP contribution in [0.15, 0.2) is 12.2 Å². The highest BCUT2D eigenvalue weighted by atomic mass is 16.7. The molecule has 1 saturated carbocycles. The maximum atomic E-state index is 9.97. The Bertz CT molecular complexity index is 393. The lowest BCUT2D eigenvalue weighted by molar-refractivity contribution is -0.170. The third-order valence-corrected chi connectivity index (χ3v) is 5.56. The monoisotopic (exact) mass is 328 g/mol. The molecule has 0 aromatic rings. The Hall–Kier alpha value is -0.460. The molecule has 0 amide bonds. The number of hydrogen-bond donors (Lipinski definition) is 3. The first-order chi connectivity index (χ1) is 10.8. The van der Waals surface area contributed by atoms with Crippen molar-refractivity contribution >= 4 is 0 Å². The highest BCUT2D eigenvalue weighted by Gasteiger charge is 2.48. The summed E-state index contributed by atoms with van der Waals surface area (Å²) in [6.07, 6.45) is 5.78. The van der Waals surface area contributed by atoms with Crippen LogP contribution in [0, 0.1) is 23.2 Å². The third kappa shape index (κ3) is 5.00. The van der Waals surface area contributed by atoms with Gasteiger partial charge in [-0.15, -0.1) is 0 Å². The summed E-state index contributed by atoms with van der Waals surface area (Å²) in [5.74, 6) is 0.154. The normalized spacial score (nSPS) is 31.3. The van der Waals surface area contributed by atoms with Crippen LogP contribution in [0.25, 0.3) is 0 Å². The Morgan fingerprint density at radius 3 is 2.52 bits per heavy atom. The zero-order valence-electron chi connectivity index (χ0n) is 14.5. The maximum Gasteiger partial charge on any atom is 0.157 e. The molecule has 2 bridgehead atoms. The zero-order chi connectivity index (χ0) is 17.0. The van der Waals surface area contributed by atoms with E-state index in [-0.39, 0.29) is 42.7 Å². The van der Waals surface area contributed by atoms with E-state index in [9.17, 15) is 15.3 Å². The second-order valence-corrected chi connectivity index (χ2v) is 7.77. The summed E-state index contributed by atoms with van der Waals surface area (Å²) in [5.41, 5.74) is 0.247. The van der Waals surface area contributed by atoms with Crippen molar-refractivity contribution in [2.45, 2.75) is 65.0 Å². The lowest BCUT2D eigenvalue weighted by Crippen LogP contribution is -2.37. The van der Waals surface area contributed by atoms with E-state index < -0.39 is 12.4 Å². The van der Waals surface area contributed by atoms with Crippen LogP contribution in [-0.4, -0.2) is 47.2 Å². The number of hydrogen-bond acceptors (Lipinski definition) is 5. The van der Waals surface area contributed by atoms with E-state index in [0.717, 1.165) is 25.7 Å². The lowest BCUT2D eigenvalue weighted by atomic mass is 9.84. The predicted octanol–water partition coefficient (Wildman–Crippen LogP) is 2.06. The van der Waals surface area contributed by atoms with Crippen molar-refractivity contribution in [1.82, 2.24) is 0 Å². The number of aliphatic hydroxyl groups is 3. The molecule has 5 unspecified atom stereocenters. The Morgan fingerprint density at radius 2 is 1.87 bits per heavy atom. The van der Waals surface area contributed by atoms with Crippen LogP contribution >= 0.6 is 0 Å². The molecule has 23 heavy (non-hydrogen) atoms. The molecule has 0 radical (unpaired) electrons. The predicted molar refractivity (Wildman–Crippen MR) is 87.5 cm³/mol. The molecular weight excluding hydrogens is 296 g/mol. The fraction of sp³-hybridized carbons (Fsp3) is 0.889. The summed E-state index contributed by atoms with van der Waals surface area (Å²) in [7, 11) is 0. The lowest BCUT2D eigenvalue weighted by Gasteiger charge is -2.29. The molecule has 0 spiro atoms. The van der Waals surface area contributed by atoms with Crippen LogP contribution in [0.4, 0.5) is 0 Å². The molecular formula is C18H32O5. The van der Waals surface area contributed by atoms with Gasteiger partial charge in [0, 0.05) is 11.8 Å². The van der Waals surface area contributed by atoms with Gasteiger partial charge in [0.2, 0.25) is 0 Å². The van der Waals surface area contributed by atoms with Gasteiger partial charge < -0.3 is 24.8 Å². The van der Waals surface area contributed by atoms with Gasteiger partial charge in [-0.3, -0.25) is 0 Å². The van der Waals surface area contributed by atoms with Gasteiger partial charge in [0.15, 0.2) is 6.29 Å². The highest BCUT2D eigenvalue weighted by molar-refractivity contribution is 5.15. The molecule has 0 heterocycles. The SMILES string of the molecule is CCC(C)(C)CCC(O)COCOC1C2C=CC(C2)C1C(O)O. The molecule has 2 rings (SSSR count). The van der Waals surface area contributed by atoms with Crippen LogP contribution in [0.1, 0.15) is 46.5 Å². The number of rotatable bonds is 10. The second kappa shape index (κ2) is 8.08. The molecule has 5 heteroatoms. The smallest absolute Gasteiger partial charge is 0.157 e. The van der Waals surface area contributed by atoms with Crippen molar-refractivity contribution in [1.29, 1.82) is 0 Å². The average Bonchev–Trinajstić information content (AvgIpc) is 3.10. The van der Waals surface area contributed by atoms with E-state index in [1.54, 1.807) is 0 Å². The van der Waals surface area contributed by atoms with E-state index >= 15 is 0 Å². The topological polar surface area (TPSA) is 79.2 Å². The second-order valence-electron chi connectivity index (χ2n) is 7.77. The Morgan fingerprint density at radius 1 is 1.17 bits per heavy atom. The highest BCUT2D eigenvalue weighted by Crippen LogP contribution is 2.46. The van der Waals surface area contributed by atoms with E-state index in [2.05, 4.69) is 32.9 Å². The number of aliphatic hydroxyl groups excluding tert-OH is 2. The molecule has 2 aliphatic rings. The molecule has 5 nitrogen and oxygen atoms in total. The van der Waals surface area contributed by atoms with Crippen LogP contribution in [0.5, 0.6) is 0 Å². The summed E-state index contributed by atoms with van der Waals surface area (Å²) >= 11 is 0. The van der Waals surface area contributed by atoms with E-state index in [1.807, 2.05) is 0 Å². The van der Waals surface area contributed by atoms with E-state index in [4.69, 9.17) is 9.47 Å². The standard InChI is InChI=1S/C18H32O5/c1-4-18(2,3)8-7-14(19)10-22-11-23-16-13-6-5-12(9-13)15(16)17(20)21/h5-6,12-17,19-21H,4,7-11H2,1-3H3. The molecule has 134 valence electrons. The molecule has 1 fully saturated rings. The Labute approximate surface area is 139 Å². The number of ether oxygens (including phenoxy) is 2. The summed E-state index contributed by atoms with van der Waals surface area (Å²) in [5, 5.41) is 29.0. The fourth-order valence-electron chi connectivity index (χ4n) is 3.57. The largest absolute Gasteiger partial charge is 0.391 e. The van der Waals surface area contributed by atoms with Crippen molar-refractivity contribution in [2.24, 2.45) is 23.2 Å². The maximum absolute atomic E-state index is 9.97. The van der Waals surface area contributed by atoms with Crippen molar-refractivity contribution in [3.63, 3.8) is 0 Å². The fourth-order valence-corrected chi connectivity index (χ4v) is 3.57. The van der Waals surface area contributed by atoms with Crippen molar-refractivity contribution < 1.29 is 24.8 Å². The van der Waals surface area contributed by atoms with E-state index in [0.29, 0.717) is 0 Å². The first-order valence-electron chi connectivity index (χ1n) is 8.76.